The minimum Gasteiger partial charge on any atom is -0.480 e. The highest BCUT2D eigenvalue weighted by Gasteiger charge is 2.46. The smallest absolute Gasteiger partial charge is 0.326 e. The van der Waals surface area contributed by atoms with E-state index in [0.717, 1.165) is 38.6 Å². The Bertz CT molecular complexity index is 426. The van der Waals surface area contributed by atoms with Crippen LogP contribution in [0.15, 0.2) is 0 Å². The number of likely N-dealkylation sites (tertiary alicyclic amines) is 1. The molecule has 3 aliphatic rings. The zero-order valence-electron chi connectivity index (χ0n) is 12.8. The van der Waals surface area contributed by atoms with Crippen LogP contribution in [0.25, 0.3) is 0 Å². The van der Waals surface area contributed by atoms with Gasteiger partial charge >= 0.3 is 5.97 Å². The first-order valence-electron chi connectivity index (χ1n) is 8.38. The van der Waals surface area contributed by atoms with Gasteiger partial charge in [-0.15, -0.1) is 0 Å². The molecule has 5 atom stereocenters. The summed E-state index contributed by atoms with van der Waals surface area (Å²) in [6, 6.07) is -0.283. The van der Waals surface area contributed by atoms with Crippen molar-refractivity contribution >= 4 is 11.9 Å². The molecule has 21 heavy (non-hydrogen) atoms. The maximum atomic E-state index is 13.0. The third-order valence-electron chi connectivity index (χ3n) is 5.75. The lowest BCUT2D eigenvalue weighted by Crippen LogP contribution is -2.59. The lowest BCUT2D eigenvalue weighted by molar-refractivity contribution is -0.160. The molecule has 2 N–H and O–H groups in total. The minimum absolute atomic E-state index is 0.0486. The van der Waals surface area contributed by atoms with Crippen LogP contribution in [-0.4, -0.2) is 46.6 Å². The van der Waals surface area contributed by atoms with E-state index in [-0.39, 0.29) is 23.9 Å². The molecule has 2 aliphatic heterocycles. The van der Waals surface area contributed by atoms with Gasteiger partial charge in [0.1, 0.15) is 6.04 Å². The molecule has 0 spiro atoms. The number of fused-ring (bicyclic) bond motifs is 1. The van der Waals surface area contributed by atoms with E-state index in [1.165, 1.54) is 6.42 Å². The standard InChI is InChI=1S/C16H26N2O3/c1-10-12(8-9-17-10)15(19)18-13-5-3-2-4-11(13)6-7-14(18)16(20)21/h10-14,17H,2-9H2,1H3,(H,20,21). The Labute approximate surface area is 126 Å². The van der Waals surface area contributed by atoms with Gasteiger partial charge < -0.3 is 15.3 Å². The minimum atomic E-state index is -0.828. The van der Waals surface area contributed by atoms with Gasteiger partial charge in [-0.3, -0.25) is 4.79 Å². The van der Waals surface area contributed by atoms with E-state index in [2.05, 4.69) is 5.32 Å². The second-order valence-corrected chi connectivity index (χ2v) is 6.93. The number of amides is 1. The Kier molecular flexibility index (Phi) is 4.20. The van der Waals surface area contributed by atoms with E-state index < -0.39 is 12.0 Å². The Morgan fingerprint density at radius 2 is 1.86 bits per heavy atom. The molecule has 2 heterocycles. The van der Waals surface area contributed by atoms with Crippen molar-refractivity contribution < 1.29 is 14.7 Å². The van der Waals surface area contributed by atoms with Crippen molar-refractivity contribution in [1.82, 2.24) is 10.2 Å². The van der Waals surface area contributed by atoms with Gasteiger partial charge in [-0.1, -0.05) is 12.8 Å². The van der Waals surface area contributed by atoms with Crippen LogP contribution >= 0.6 is 0 Å². The molecule has 3 fully saturated rings. The number of aliphatic carboxylic acids is 1. The molecule has 5 heteroatoms. The van der Waals surface area contributed by atoms with Crippen LogP contribution in [0.1, 0.15) is 51.9 Å². The number of carboxylic acids is 1. The quantitative estimate of drug-likeness (QED) is 0.812. The third-order valence-corrected chi connectivity index (χ3v) is 5.75. The molecule has 1 aliphatic carbocycles. The van der Waals surface area contributed by atoms with Crippen LogP contribution in [0, 0.1) is 11.8 Å². The summed E-state index contributed by atoms with van der Waals surface area (Å²) in [5.41, 5.74) is 0. The van der Waals surface area contributed by atoms with Gasteiger partial charge in [0.25, 0.3) is 0 Å². The topological polar surface area (TPSA) is 69.6 Å². The van der Waals surface area contributed by atoms with E-state index in [4.69, 9.17) is 0 Å². The van der Waals surface area contributed by atoms with Gasteiger partial charge in [0.2, 0.25) is 5.91 Å². The van der Waals surface area contributed by atoms with Crippen LogP contribution in [0.2, 0.25) is 0 Å². The number of nitrogens with one attached hydrogen (secondary N) is 1. The van der Waals surface area contributed by atoms with Crippen molar-refractivity contribution in [3.8, 4) is 0 Å². The Hall–Kier alpha value is -1.10. The van der Waals surface area contributed by atoms with Gasteiger partial charge in [-0.05, 0) is 51.5 Å². The Morgan fingerprint density at radius 1 is 1.10 bits per heavy atom. The maximum absolute atomic E-state index is 13.0. The molecule has 0 aromatic heterocycles. The summed E-state index contributed by atoms with van der Waals surface area (Å²) in [6.45, 7) is 2.89. The van der Waals surface area contributed by atoms with E-state index in [1.54, 1.807) is 4.90 Å². The Morgan fingerprint density at radius 3 is 2.52 bits per heavy atom. The number of piperidine rings is 1. The monoisotopic (exact) mass is 294 g/mol. The maximum Gasteiger partial charge on any atom is 0.326 e. The van der Waals surface area contributed by atoms with Crippen LogP contribution in [0.3, 0.4) is 0 Å². The van der Waals surface area contributed by atoms with Crippen LogP contribution in [0.4, 0.5) is 0 Å². The van der Waals surface area contributed by atoms with Gasteiger partial charge in [0.05, 0.1) is 5.92 Å². The average molecular weight is 294 g/mol. The molecule has 2 saturated heterocycles. The molecule has 1 amide bonds. The van der Waals surface area contributed by atoms with Crippen molar-refractivity contribution in [3.05, 3.63) is 0 Å². The fourth-order valence-corrected chi connectivity index (χ4v) is 4.58. The highest BCUT2D eigenvalue weighted by molar-refractivity contribution is 5.86. The average Bonchev–Trinajstić information content (AvgIpc) is 2.91. The predicted molar refractivity (Wildman–Crippen MR) is 78.8 cm³/mol. The lowest BCUT2D eigenvalue weighted by Gasteiger charge is -2.48. The number of nitrogens with zero attached hydrogens (tertiary/aromatic N) is 1. The first kappa shape index (κ1) is 14.8. The summed E-state index contributed by atoms with van der Waals surface area (Å²) < 4.78 is 0. The Balaban J connectivity index is 1.85. The number of hydrogen-bond acceptors (Lipinski definition) is 3. The number of carboxylic acid groups (broad SMARTS) is 1. The number of hydrogen-bond donors (Lipinski definition) is 2. The van der Waals surface area contributed by atoms with E-state index in [0.29, 0.717) is 12.3 Å². The number of carbonyl (C=O) groups excluding carboxylic acids is 1. The zero-order chi connectivity index (χ0) is 15.0. The van der Waals surface area contributed by atoms with Gasteiger partial charge in [-0.2, -0.15) is 0 Å². The third kappa shape index (κ3) is 2.68. The summed E-state index contributed by atoms with van der Waals surface area (Å²) in [5, 5.41) is 12.9. The highest BCUT2D eigenvalue weighted by Crippen LogP contribution is 2.39. The molecular formula is C16H26N2O3. The van der Waals surface area contributed by atoms with Crippen molar-refractivity contribution in [2.45, 2.75) is 70.0 Å². The van der Waals surface area contributed by atoms with Crippen molar-refractivity contribution in [3.63, 3.8) is 0 Å². The van der Waals surface area contributed by atoms with E-state index in [1.807, 2.05) is 6.92 Å². The fourth-order valence-electron chi connectivity index (χ4n) is 4.58. The summed E-state index contributed by atoms with van der Waals surface area (Å²) >= 11 is 0. The second-order valence-electron chi connectivity index (χ2n) is 6.93. The van der Waals surface area contributed by atoms with Crippen LogP contribution in [-0.2, 0) is 9.59 Å². The highest BCUT2D eigenvalue weighted by atomic mass is 16.4. The summed E-state index contributed by atoms with van der Waals surface area (Å²) in [5.74, 6) is -0.280. The van der Waals surface area contributed by atoms with E-state index in [9.17, 15) is 14.7 Å². The summed E-state index contributed by atoms with van der Waals surface area (Å²) in [4.78, 5) is 26.4. The molecule has 0 aromatic rings. The lowest BCUT2D eigenvalue weighted by atomic mass is 9.75. The molecule has 5 nitrogen and oxygen atoms in total. The molecule has 118 valence electrons. The molecule has 3 rings (SSSR count). The first-order valence-corrected chi connectivity index (χ1v) is 8.38. The fraction of sp³-hybridized carbons (Fsp3) is 0.875. The molecular weight excluding hydrogens is 268 g/mol. The summed E-state index contributed by atoms with van der Waals surface area (Å²) in [6.07, 6.45) is 6.90. The van der Waals surface area contributed by atoms with Crippen molar-refractivity contribution in [2.75, 3.05) is 6.54 Å². The number of rotatable bonds is 2. The summed E-state index contributed by atoms with van der Waals surface area (Å²) in [7, 11) is 0. The molecule has 0 radical (unpaired) electrons. The zero-order valence-corrected chi connectivity index (χ0v) is 12.8. The van der Waals surface area contributed by atoms with Crippen molar-refractivity contribution in [2.24, 2.45) is 11.8 Å². The largest absolute Gasteiger partial charge is 0.480 e. The van der Waals surface area contributed by atoms with Gasteiger partial charge in [0, 0.05) is 12.1 Å². The first-order chi connectivity index (χ1) is 10.1. The molecule has 1 saturated carbocycles. The molecule has 5 unspecified atom stereocenters. The normalized spacial score (nSPS) is 39.9. The van der Waals surface area contributed by atoms with E-state index >= 15 is 0 Å². The van der Waals surface area contributed by atoms with Gasteiger partial charge in [0.15, 0.2) is 0 Å². The second kappa shape index (κ2) is 5.95. The predicted octanol–water partition coefficient (Wildman–Crippen LogP) is 1.62. The van der Waals surface area contributed by atoms with Crippen molar-refractivity contribution in [1.29, 1.82) is 0 Å². The molecule has 0 bridgehead atoms. The number of carbonyl (C=O) groups is 2. The van der Waals surface area contributed by atoms with Gasteiger partial charge in [-0.25, -0.2) is 4.79 Å². The van der Waals surface area contributed by atoms with Crippen LogP contribution < -0.4 is 5.32 Å². The molecule has 0 aromatic carbocycles. The SMILES string of the molecule is CC1NCCC1C(=O)N1C(C(=O)O)CCC2CCCCC21. The van der Waals surface area contributed by atoms with Crippen LogP contribution in [0.5, 0.6) is 0 Å².